The van der Waals surface area contributed by atoms with Gasteiger partial charge in [-0.3, -0.25) is 0 Å². The highest BCUT2D eigenvalue weighted by molar-refractivity contribution is 7.92. The molecule has 2 N–H and O–H groups in total. The smallest absolute Gasteiger partial charge is 0.328 e. The molecule has 0 amide bonds. The second-order valence-corrected chi connectivity index (χ2v) is 6.96. The third-order valence-corrected chi connectivity index (χ3v) is 4.89. The van der Waals surface area contributed by atoms with Crippen molar-refractivity contribution in [3.05, 3.63) is 29.8 Å². The fraction of sp³-hybridized carbons (Fsp3) is 0.500. The second kappa shape index (κ2) is 5.50. The highest BCUT2D eigenvalue weighted by Gasteiger charge is 2.32. The Labute approximate surface area is 110 Å². The first-order valence-corrected chi connectivity index (χ1v) is 7.26. The summed E-state index contributed by atoms with van der Waals surface area (Å²) in [5.74, 6) is 0. The Bertz CT molecular complexity index is 538. The monoisotopic (exact) mass is 295 g/mol. The van der Waals surface area contributed by atoms with Crippen LogP contribution in [0.3, 0.4) is 0 Å². The Balaban J connectivity index is 3.16. The molecule has 0 aliphatic rings. The minimum absolute atomic E-state index is 0.193. The van der Waals surface area contributed by atoms with Gasteiger partial charge in [0.05, 0.1) is 15.7 Å². The minimum Gasteiger partial charge on any atom is -0.328 e. The summed E-state index contributed by atoms with van der Waals surface area (Å²) in [5, 5.41) is -0.823. The molecule has 1 aromatic carbocycles. The van der Waals surface area contributed by atoms with Gasteiger partial charge >= 0.3 is 6.18 Å². The van der Waals surface area contributed by atoms with Gasteiger partial charge in [-0.1, -0.05) is 6.07 Å². The van der Waals surface area contributed by atoms with Crippen LogP contribution in [0.5, 0.6) is 0 Å². The van der Waals surface area contributed by atoms with Crippen molar-refractivity contribution in [1.29, 1.82) is 0 Å². The molecule has 0 saturated carbocycles. The summed E-state index contributed by atoms with van der Waals surface area (Å²) in [6, 6.07) is 3.43. The number of sulfone groups is 1. The van der Waals surface area contributed by atoms with Crippen LogP contribution in [0.4, 0.5) is 13.2 Å². The molecule has 3 nitrogen and oxygen atoms in total. The van der Waals surface area contributed by atoms with E-state index in [1.54, 1.807) is 6.92 Å². The minimum atomic E-state index is -4.56. The molecule has 1 aromatic rings. The van der Waals surface area contributed by atoms with Crippen LogP contribution in [0.15, 0.2) is 29.2 Å². The van der Waals surface area contributed by atoms with Crippen LogP contribution < -0.4 is 5.73 Å². The van der Waals surface area contributed by atoms with Crippen molar-refractivity contribution in [3.8, 4) is 0 Å². The number of rotatable bonds is 4. The van der Waals surface area contributed by atoms with E-state index in [1.165, 1.54) is 13.0 Å². The molecule has 1 rings (SSSR count). The third kappa shape index (κ3) is 3.94. The van der Waals surface area contributed by atoms with E-state index in [-0.39, 0.29) is 17.4 Å². The Hall–Kier alpha value is -1.08. The normalized spacial score (nSPS) is 16.1. The van der Waals surface area contributed by atoms with Gasteiger partial charge in [0.15, 0.2) is 9.84 Å². The van der Waals surface area contributed by atoms with Crippen LogP contribution in [0.2, 0.25) is 0 Å². The lowest BCUT2D eigenvalue weighted by atomic mass is 10.2. The topological polar surface area (TPSA) is 60.2 Å². The van der Waals surface area contributed by atoms with Crippen molar-refractivity contribution < 1.29 is 21.6 Å². The van der Waals surface area contributed by atoms with Crippen LogP contribution in [0, 0.1) is 0 Å². The molecular weight excluding hydrogens is 279 g/mol. The van der Waals surface area contributed by atoms with Crippen LogP contribution in [-0.2, 0) is 16.0 Å². The predicted molar refractivity (Wildman–Crippen MR) is 66.4 cm³/mol. The van der Waals surface area contributed by atoms with E-state index < -0.39 is 26.8 Å². The Morgan fingerprint density at radius 3 is 2.32 bits per heavy atom. The van der Waals surface area contributed by atoms with E-state index in [0.717, 1.165) is 12.1 Å². The molecule has 7 heteroatoms. The SMILES string of the molecule is CC(N)CC(C)S(=O)(=O)c1cccc(C(F)(F)F)c1. The van der Waals surface area contributed by atoms with Crippen molar-refractivity contribution in [3.63, 3.8) is 0 Å². The van der Waals surface area contributed by atoms with Gasteiger partial charge in [0, 0.05) is 6.04 Å². The number of halogens is 3. The molecule has 0 spiro atoms. The van der Waals surface area contributed by atoms with Gasteiger partial charge in [-0.2, -0.15) is 13.2 Å². The first-order chi connectivity index (χ1) is 8.55. The van der Waals surface area contributed by atoms with Crippen molar-refractivity contribution in [1.82, 2.24) is 0 Å². The first kappa shape index (κ1) is 16.0. The summed E-state index contributed by atoms with van der Waals surface area (Å²) >= 11 is 0. The fourth-order valence-corrected chi connectivity index (χ4v) is 3.31. The van der Waals surface area contributed by atoms with Crippen molar-refractivity contribution >= 4 is 9.84 Å². The Morgan fingerprint density at radius 1 is 1.26 bits per heavy atom. The van der Waals surface area contributed by atoms with Gasteiger partial charge in [-0.05, 0) is 38.5 Å². The van der Waals surface area contributed by atoms with Crippen molar-refractivity contribution in [2.24, 2.45) is 5.73 Å². The number of nitrogens with two attached hydrogens (primary N) is 1. The lowest BCUT2D eigenvalue weighted by molar-refractivity contribution is -0.137. The molecule has 0 aromatic heterocycles. The summed E-state index contributed by atoms with van der Waals surface area (Å²) < 4.78 is 61.9. The molecule has 2 unspecified atom stereocenters. The highest BCUT2D eigenvalue weighted by Crippen LogP contribution is 2.31. The first-order valence-electron chi connectivity index (χ1n) is 5.72. The maximum Gasteiger partial charge on any atom is 0.416 e. The fourth-order valence-electron chi connectivity index (χ4n) is 1.73. The van der Waals surface area contributed by atoms with Crippen LogP contribution in [-0.4, -0.2) is 19.7 Å². The summed E-state index contributed by atoms with van der Waals surface area (Å²) in [7, 11) is -3.80. The van der Waals surface area contributed by atoms with Gasteiger partial charge < -0.3 is 5.73 Å². The van der Waals surface area contributed by atoms with E-state index in [1.807, 2.05) is 0 Å². The van der Waals surface area contributed by atoms with Crippen molar-refractivity contribution in [2.45, 2.75) is 42.6 Å². The molecule has 0 fully saturated rings. The number of alkyl halides is 3. The number of benzene rings is 1. The highest BCUT2D eigenvalue weighted by atomic mass is 32.2. The molecule has 0 radical (unpaired) electrons. The predicted octanol–water partition coefficient (Wildman–Crippen LogP) is 2.60. The van der Waals surface area contributed by atoms with Gasteiger partial charge in [0.1, 0.15) is 0 Å². The maximum absolute atomic E-state index is 12.6. The molecular formula is C12H16F3NO2S. The molecule has 2 atom stereocenters. The third-order valence-electron chi connectivity index (χ3n) is 2.72. The van der Waals surface area contributed by atoms with Gasteiger partial charge in [0.25, 0.3) is 0 Å². The Morgan fingerprint density at radius 2 is 1.84 bits per heavy atom. The molecule has 108 valence electrons. The van der Waals surface area contributed by atoms with Gasteiger partial charge in [-0.25, -0.2) is 8.42 Å². The molecule has 0 bridgehead atoms. The van der Waals surface area contributed by atoms with E-state index >= 15 is 0 Å². The number of hydrogen-bond acceptors (Lipinski definition) is 3. The summed E-state index contributed by atoms with van der Waals surface area (Å²) in [5.41, 5.74) is 4.55. The van der Waals surface area contributed by atoms with E-state index in [9.17, 15) is 21.6 Å². The van der Waals surface area contributed by atoms with E-state index in [2.05, 4.69) is 0 Å². The average molecular weight is 295 g/mol. The Kier molecular flexibility index (Phi) is 4.63. The average Bonchev–Trinajstić information content (AvgIpc) is 2.27. The van der Waals surface area contributed by atoms with E-state index in [4.69, 9.17) is 5.73 Å². The van der Waals surface area contributed by atoms with Gasteiger partial charge in [0.2, 0.25) is 0 Å². The van der Waals surface area contributed by atoms with Crippen LogP contribution >= 0.6 is 0 Å². The quantitative estimate of drug-likeness (QED) is 0.929. The molecule has 0 saturated heterocycles. The van der Waals surface area contributed by atoms with Gasteiger partial charge in [-0.15, -0.1) is 0 Å². The maximum atomic E-state index is 12.6. The zero-order valence-electron chi connectivity index (χ0n) is 10.6. The largest absolute Gasteiger partial charge is 0.416 e. The molecule has 0 aliphatic heterocycles. The molecule has 0 heterocycles. The van der Waals surface area contributed by atoms with Crippen LogP contribution in [0.1, 0.15) is 25.8 Å². The summed E-state index contributed by atoms with van der Waals surface area (Å²) in [4.78, 5) is -0.324. The lowest BCUT2D eigenvalue weighted by Crippen LogP contribution is -2.27. The standard InChI is InChI=1S/C12H16F3NO2S/c1-8(16)6-9(2)19(17,18)11-5-3-4-10(7-11)12(13,14)15/h3-5,7-9H,6,16H2,1-2H3. The second-order valence-electron chi connectivity index (χ2n) is 4.59. The molecule has 19 heavy (non-hydrogen) atoms. The number of hydrogen-bond donors (Lipinski definition) is 1. The summed E-state index contributed by atoms with van der Waals surface area (Å²) in [6.45, 7) is 3.09. The summed E-state index contributed by atoms with van der Waals surface area (Å²) in [6.07, 6.45) is -4.37. The van der Waals surface area contributed by atoms with Crippen molar-refractivity contribution in [2.75, 3.05) is 0 Å². The zero-order chi connectivity index (χ0) is 14.8. The lowest BCUT2D eigenvalue weighted by Gasteiger charge is -2.16. The zero-order valence-corrected chi connectivity index (χ0v) is 11.4. The molecule has 0 aliphatic carbocycles. The van der Waals surface area contributed by atoms with Crippen LogP contribution in [0.25, 0.3) is 0 Å². The van der Waals surface area contributed by atoms with E-state index in [0.29, 0.717) is 6.07 Å².